The Morgan fingerprint density at radius 2 is 1.00 bits per heavy atom. The minimum atomic E-state index is -1.08. The minimum Gasteiger partial charge on any atom is -0.388 e. The zero-order valence-corrected chi connectivity index (χ0v) is 26.5. The van der Waals surface area contributed by atoms with Gasteiger partial charge in [-0.15, -0.1) is 23.5 Å². The average Bonchev–Trinajstić information content (AvgIpc) is 3.06. The SMILES string of the molecule is OC(C1SCCCS1)[C@H](OC1CCCCO1)[C@@H](OC1CCCCO1)[C@H](OC1CCCCO1)[C@H](O)COC1CCCCO1. The lowest BCUT2D eigenvalue weighted by Crippen LogP contribution is -2.58. The molecule has 12 heteroatoms. The van der Waals surface area contributed by atoms with E-state index in [0.29, 0.717) is 26.4 Å². The van der Waals surface area contributed by atoms with E-state index in [2.05, 4.69) is 0 Å². The minimum absolute atomic E-state index is 0.00308. The van der Waals surface area contributed by atoms with E-state index in [1.54, 1.807) is 23.5 Å². The normalized spacial score (nSPS) is 33.9. The highest BCUT2D eigenvalue weighted by atomic mass is 32.2. The van der Waals surface area contributed by atoms with Crippen LogP contribution in [0.15, 0.2) is 0 Å². The van der Waals surface area contributed by atoms with Crippen LogP contribution < -0.4 is 0 Å². The molecule has 10 nitrogen and oxygen atoms in total. The standard InChI is InChI=1S/C30H52O10S2/c31-21(20-37-22-10-1-5-14-33-22)27(38-23-11-2-6-15-34-23)29(40-25-13-4-8-17-36-25)28(39-24-12-3-7-16-35-24)26(32)30-41-18-9-19-42-30/h21-32H,1-20H2/t21-,22?,23?,24?,25?,26?,27-,28+,29+/m1/s1. The molecule has 5 aliphatic rings. The van der Waals surface area contributed by atoms with Crippen LogP contribution in [0, 0.1) is 0 Å². The third-order valence-corrected chi connectivity index (χ3v) is 11.5. The molecule has 0 aromatic carbocycles. The summed E-state index contributed by atoms with van der Waals surface area (Å²) in [6, 6.07) is 0. The molecule has 244 valence electrons. The van der Waals surface area contributed by atoms with Gasteiger partial charge >= 0.3 is 0 Å². The molecule has 5 unspecified atom stereocenters. The first-order valence-electron chi connectivity index (χ1n) is 16.3. The molecule has 0 bridgehead atoms. The van der Waals surface area contributed by atoms with Crippen LogP contribution in [-0.2, 0) is 37.9 Å². The van der Waals surface area contributed by atoms with Crippen molar-refractivity contribution in [3.05, 3.63) is 0 Å². The van der Waals surface area contributed by atoms with Gasteiger partial charge in [0.2, 0.25) is 0 Å². The summed E-state index contributed by atoms with van der Waals surface area (Å²) in [6.07, 6.45) is 5.67. The Bertz CT molecular complexity index is 723. The van der Waals surface area contributed by atoms with Gasteiger partial charge in [0.1, 0.15) is 30.5 Å². The fourth-order valence-electron chi connectivity index (χ4n) is 6.06. The molecule has 5 heterocycles. The maximum Gasteiger partial charge on any atom is 0.158 e. The Morgan fingerprint density at radius 1 is 0.548 bits per heavy atom. The first-order chi connectivity index (χ1) is 20.7. The number of ether oxygens (including phenoxy) is 8. The largest absolute Gasteiger partial charge is 0.388 e. The Labute approximate surface area is 259 Å². The molecule has 0 aromatic heterocycles. The lowest BCUT2D eigenvalue weighted by Gasteiger charge is -2.44. The van der Waals surface area contributed by atoms with Crippen LogP contribution >= 0.6 is 23.5 Å². The Kier molecular flexibility index (Phi) is 14.8. The zero-order chi connectivity index (χ0) is 29.0. The number of rotatable bonds is 14. The van der Waals surface area contributed by atoms with Crippen LogP contribution in [0.5, 0.6) is 0 Å². The zero-order valence-electron chi connectivity index (χ0n) is 24.9. The predicted octanol–water partition coefficient (Wildman–Crippen LogP) is 4.18. The van der Waals surface area contributed by atoms with Crippen molar-refractivity contribution < 1.29 is 48.1 Å². The van der Waals surface area contributed by atoms with Crippen molar-refractivity contribution in [3.63, 3.8) is 0 Å². The summed E-state index contributed by atoms with van der Waals surface area (Å²) < 4.78 is 49.7. The predicted molar refractivity (Wildman–Crippen MR) is 160 cm³/mol. The molecule has 5 aliphatic heterocycles. The Balaban J connectivity index is 1.41. The van der Waals surface area contributed by atoms with Crippen LogP contribution in [0.1, 0.15) is 83.5 Å². The summed E-state index contributed by atoms with van der Waals surface area (Å²) >= 11 is 3.49. The highest BCUT2D eigenvalue weighted by molar-refractivity contribution is 8.17. The van der Waals surface area contributed by atoms with Crippen molar-refractivity contribution >= 4 is 23.5 Å². The molecule has 5 rings (SSSR count). The van der Waals surface area contributed by atoms with Gasteiger partial charge in [-0.05, 0) is 95.0 Å². The number of aliphatic hydroxyl groups excluding tert-OH is 2. The quantitative estimate of drug-likeness (QED) is 0.285. The summed E-state index contributed by atoms with van der Waals surface area (Å²) in [5.74, 6) is 1.96. The van der Waals surface area contributed by atoms with E-state index >= 15 is 0 Å². The van der Waals surface area contributed by atoms with Crippen molar-refractivity contribution in [1.29, 1.82) is 0 Å². The van der Waals surface area contributed by atoms with E-state index in [4.69, 9.17) is 37.9 Å². The Morgan fingerprint density at radius 3 is 1.48 bits per heavy atom. The maximum absolute atomic E-state index is 12.0. The second-order valence-electron chi connectivity index (χ2n) is 11.8. The van der Waals surface area contributed by atoms with Crippen LogP contribution in [-0.4, -0.2) is 115 Å². The summed E-state index contributed by atoms with van der Waals surface area (Å²) in [6.45, 7) is 2.48. The molecule has 0 amide bonds. The van der Waals surface area contributed by atoms with E-state index in [9.17, 15) is 10.2 Å². The van der Waals surface area contributed by atoms with Crippen LogP contribution in [0.4, 0.5) is 0 Å². The lowest BCUT2D eigenvalue weighted by atomic mass is 9.98. The molecule has 0 spiro atoms. The van der Waals surface area contributed by atoms with E-state index in [0.717, 1.165) is 95.0 Å². The van der Waals surface area contributed by atoms with Gasteiger partial charge in [0, 0.05) is 26.4 Å². The molecule has 2 N–H and O–H groups in total. The van der Waals surface area contributed by atoms with Crippen molar-refractivity contribution in [3.8, 4) is 0 Å². The second-order valence-corrected chi connectivity index (χ2v) is 14.6. The molecule has 9 atom stereocenters. The van der Waals surface area contributed by atoms with Gasteiger partial charge in [-0.3, -0.25) is 0 Å². The van der Waals surface area contributed by atoms with Gasteiger partial charge < -0.3 is 48.1 Å². The highest BCUT2D eigenvalue weighted by Gasteiger charge is 2.47. The average molecular weight is 637 g/mol. The smallest absolute Gasteiger partial charge is 0.158 e. The fraction of sp³-hybridized carbons (Fsp3) is 1.00. The first kappa shape index (κ1) is 33.7. The van der Waals surface area contributed by atoms with Crippen LogP contribution in [0.3, 0.4) is 0 Å². The van der Waals surface area contributed by atoms with Gasteiger partial charge in [-0.25, -0.2) is 0 Å². The molecule has 0 radical (unpaired) electrons. The Hall–Kier alpha value is 0.300. The molecule has 0 saturated carbocycles. The van der Waals surface area contributed by atoms with Gasteiger partial charge in [0.15, 0.2) is 25.2 Å². The second kappa shape index (κ2) is 18.4. The number of aliphatic hydroxyl groups is 2. The number of thioether (sulfide) groups is 2. The van der Waals surface area contributed by atoms with E-state index in [-0.39, 0.29) is 17.5 Å². The van der Waals surface area contributed by atoms with Crippen molar-refractivity contribution in [2.45, 2.75) is 144 Å². The van der Waals surface area contributed by atoms with Crippen molar-refractivity contribution in [2.75, 3.05) is 44.5 Å². The summed E-state index contributed by atoms with van der Waals surface area (Å²) in [7, 11) is 0. The van der Waals surface area contributed by atoms with Gasteiger partial charge in [0.25, 0.3) is 0 Å². The number of hydrogen-bond acceptors (Lipinski definition) is 12. The van der Waals surface area contributed by atoms with Gasteiger partial charge in [-0.1, -0.05) is 0 Å². The fourth-order valence-corrected chi connectivity index (χ4v) is 9.00. The topological polar surface area (TPSA) is 114 Å². The summed E-state index contributed by atoms with van der Waals surface area (Å²) in [5, 5.41) is 23.7. The monoisotopic (exact) mass is 636 g/mol. The highest BCUT2D eigenvalue weighted by Crippen LogP contribution is 2.38. The van der Waals surface area contributed by atoms with Crippen molar-refractivity contribution in [2.24, 2.45) is 0 Å². The third-order valence-electron chi connectivity index (χ3n) is 8.43. The molecular formula is C30H52O10S2. The summed E-state index contributed by atoms with van der Waals surface area (Å²) in [5.41, 5.74) is 0. The van der Waals surface area contributed by atoms with E-state index < -0.39 is 49.4 Å². The van der Waals surface area contributed by atoms with Crippen molar-refractivity contribution in [1.82, 2.24) is 0 Å². The molecule has 42 heavy (non-hydrogen) atoms. The summed E-state index contributed by atoms with van der Waals surface area (Å²) in [4.78, 5) is 0. The van der Waals surface area contributed by atoms with Gasteiger partial charge in [-0.2, -0.15) is 0 Å². The maximum atomic E-state index is 12.0. The van der Waals surface area contributed by atoms with Crippen LogP contribution in [0.25, 0.3) is 0 Å². The van der Waals surface area contributed by atoms with Crippen LogP contribution in [0.2, 0.25) is 0 Å². The van der Waals surface area contributed by atoms with E-state index in [1.165, 1.54) is 0 Å². The van der Waals surface area contributed by atoms with Gasteiger partial charge in [0.05, 0.1) is 11.2 Å². The van der Waals surface area contributed by atoms with E-state index in [1.807, 2.05) is 0 Å². The molecule has 5 saturated heterocycles. The molecule has 0 aliphatic carbocycles. The molecular weight excluding hydrogens is 584 g/mol. The third kappa shape index (κ3) is 10.4. The number of hydrogen-bond donors (Lipinski definition) is 2. The first-order valence-corrected chi connectivity index (χ1v) is 18.4. The molecule has 0 aromatic rings. The lowest BCUT2D eigenvalue weighted by molar-refractivity contribution is -0.309. The molecule has 5 fully saturated rings.